The Morgan fingerprint density at radius 3 is 2.00 bits per heavy atom. The molecule has 2 aliphatic carbocycles. The van der Waals surface area contributed by atoms with E-state index < -0.39 is 0 Å². The largest absolute Gasteiger partial charge is 0.293 e. The van der Waals surface area contributed by atoms with Crippen molar-refractivity contribution in [3.8, 4) is 0 Å². The zero-order valence-corrected chi connectivity index (χ0v) is 11.9. The van der Waals surface area contributed by atoms with Gasteiger partial charge in [-0.25, -0.2) is 0 Å². The van der Waals surface area contributed by atoms with Crippen molar-refractivity contribution in [2.45, 2.75) is 32.1 Å². The molecule has 1 heteroatoms. The summed E-state index contributed by atoms with van der Waals surface area (Å²) in [5, 5.41) is 0. The van der Waals surface area contributed by atoms with Gasteiger partial charge >= 0.3 is 0 Å². The fraction of sp³-hybridized carbons (Fsp3) is 0.316. The number of ketones is 1. The fourth-order valence-electron chi connectivity index (χ4n) is 4.24. The number of Topliss-reactive ketones (excluding diaryl/α,β-unsaturated/α-hetero) is 1. The molecule has 0 bridgehead atoms. The molecule has 100 valence electrons. The second kappa shape index (κ2) is 3.60. The molecule has 0 aliphatic heterocycles. The highest BCUT2D eigenvalue weighted by Gasteiger charge is 2.59. The summed E-state index contributed by atoms with van der Waals surface area (Å²) in [6.45, 7) is 4.48. The Kier molecular flexibility index (Phi) is 2.14. The van der Waals surface area contributed by atoms with E-state index in [4.69, 9.17) is 0 Å². The lowest BCUT2D eigenvalue weighted by atomic mass is 9.64. The Bertz CT molecular complexity index is 699. The summed E-state index contributed by atoms with van der Waals surface area (Å²) in [4.78, 5) is 13.1. The molecule has 0 fully saturated rings. The molecule has 0 radical (unpaired) electrons. The highest BCUT2D eigenvalue weighted by molar-refractivity contribution is 6.07. The number of fused-ring (bicyclic) bond motifs is 2. The monoisotopic (exact) mass is 262 g/mol. The standard InChI is InChI=1S/C19H18O/c1-18(2)16-10-6-5-9-15(16)17(20)19(18)11-13-7-3-4-8-14(13)12-19/h3-10H,11-12H2,1-2H3. The molecular weight excluding hydrogens is 244 g/mol. The molecule has 0 unspecified atom stereocenters. The minimum absolute atomic E-state index is 0.0975. The van der Waals surface area contributed by atoms with E-state index in [0.29, 0.717) is 5.78 Å². The average molecular weight is 262 g/mol. The predicted octanol–water partition coefficient (Wildman–Crippen LogP) is 3.95. The summed E-state index contributed by atoms with van der Waals surface area (Å²) in [5.41, 5.74) is 4.48. The fourth-order valence-corrected chi connectivity index (χ4v) is 4.24. The van der Waals surface area contributed by atoms with E-state index >= 15 is 0 Å². The predicted molar refractivity (Wildman–Crippen MR) is 80.1 cm³/mol. The lowest BCUT2D eigenvalue weighted by Crippen LogP contribution is -2.42. The van der Waals surface area contributed by atoms with Gasteiger partial charge in [0.1, 0.15) is 0 Å². The first-order chi connectivity index (χ1) is 9.56. The Balaban J connectivity index is 1.92. The van der Waals surface area contributed by atoms with Crippen molar-refractivity contribution >= 4 is 5.78 Å². The second-order valence-corrected chi connectivity index (χ2v) is 6.70. The van der Waals surface area contributed by atoms with Crippen molar-refractivity contribution in [3.63, 3.8) is 0 Å². The lowest BCUT2D eigenvalue weighted by molar-refractivity contribution is 0.0722. The summed E-state index contributed by atoms with van der Waals surface area (Å²) < 4.78 is 0. The summed E-state index contributed by atoms with van der Waals surface area (Å²) >= 11 is 0. The molecular formula is C19H18O. The number of hydrogen-bond donors (Lipinski definition) is 0. The van der Waals surface area contributed by atoms with Crippen LogP contribution in [-0.4, -0.2) is 5.78 Å². The number of benzene rings is 2. The van der Waals surface area contributed by atoms with Crippen LogP contribution in [0.3, 0.4) is 0 Å². The van der Waals surface area contributed by atoms with Gasteiger partial charge in [0.2, 0.25) is 0 Å². The first-order valence-electron chi connectivity index (χ1n) is 7.27. The molecule has 2 aliphatic rings. The Morgan fingerprint density at radius 2 is 1.40 bits per heavy atom. The normalized spacial score (nSPS) is 21.0. The Hall–Kier alpha value is -1.89. The van der Waals surface area contributed by atoms with Gasteiger partial charge in [-0.15, -0.1) is 0 Å². The van der Waals surface area contributed by atoms with Crippen LogP contribution >= 0.6 is 0 Å². The van der Waals surface area contributed by atoms with Crippen LogP contribution in [0.1, 0.15) is 40.9 Å². The number of rotatable bonds is 0. The topological polar surface area (TPSA) is 17.1 Å². The van der Waals surface area contributed by atoms with Crippen LogP contribution in [0, 0.1) is 5.41 Å². The van der Waals surface area contributed by atoms with Gasteiger partial charge in [0.15, 0.2) is 5.78 Å². The maximum Gasteiger partial charge on any atom is 0.170 e. The van der Waals surface area contributed by atoms with Crippen LogP contribution in [-0.2, 0) is 18.3 Å². The maximum atomic E-state index is 13.1. The third-order valence-electron chi connectivity index (χ3n) is 5.58. The van der Waals surface area contributed by atoms with Crippen LogP contribution in [0.25, 0.3) is 0 Å². The van der Waals surface area contributed by atoms with Crippen LogP contribution in [0.15, 0.2) is 48.5 Å². The third-order valence-corrected chi connectivity index (χ3v) is 5.58. The van der Waals surface area contributed by atoms with Gasteiger partial charge in [0, 0.05) is 11.0 Å². The average Bonchev–Trinajstić information content (AvgIpc) is 2.93. The Labute approximate surface area is 119 Å². The number of carbonyl (C=O) groups excluding carboxylic acids is 1. The van der Waals surface area contributed by atoms with Crippen molar-refractivity contribution in [1.82, 2.24) is 0 Å². The molecule has 1 nitrogen and oxygen atoms in total. The van der Waals surface area contributed by atoms with E-state index in [9.17, 15) is 4.79 Å². The molecule has 0 N–H and O–H groups in total. The minimum Gasteiger partial charge on any atom is -0.293 e. The number of carbonyl (C=O) groups is 1. The van der Waals surface area contributed by atoms with Crippen molar-refractivity contribution in [2.75, 3.05) is 0 Å². The zero-order valence-electron chi connectivity index (χ0n) is 11.9. The van der Waals surface area contributed by atoms with Crippen LogP contribution in [0.4, 0.5) is 0 Å². The van der Waals surface area contributed by atoms with Gasteiger partial charge in [-0.05, 0) is 29.5 Å². The first-order valence-corrected chi connectivity index (χ1v) is 7.27. The molecule has 2 aromatic rings. The van der Waals surface area contributed by atoms with Crippen LogP contribution in [0.2, 0.25) is 0 Å². The summed E-state index contributed by atoms with van der Waals surface area (Å²) in [6.07, 6.45) is 1.76. The smallest absolute Gasteiger partial charge is 0.170 e. The van der Waals surface area contributed by atoms with Gasteiger partial charge in [0.05, 0.1) is 5.41 Å². The van der Waals surface area contributed by atoms with Crippen molar-refractivity contribution in [2.24, 2.45) is 5.41 Å². The van der Waals surface area contributed by atoms with E-state index in [-0.39, 0.29) is 10.8 Å². The first kappa shape index (κ1) is 11.9. The SMILES string of the molecule is CC1(C)c2ccccc2C(=O)C12Cc1ccccc1C2. The summed E-state index contributed by atoms with van der Waals surface area (Å²) in [7, 11) is 0. The van der Waals surface area contributed by atoms with Gasteiger partial charge in [-0.2, -0.15) is 0 Å². The van der Waals surface area contributed by atoms with Gasteiger partial charge in [0.25, 0.3) is 0 Å². The second-order valence-electron chi connectivity index (χ2n) is 6.70. The van der Waals surface area contributed by atoms with E-state index in [0.717, 1.165) is 18.4 Å². The molecule has 2 aromatic carbocycles. The zero-order chi connectivity index (χ0) is 14.0. The van der Waals surface area contributed by atoms with Gasteiger partial charge < -0.3 is 0 Å². The highest BCUT2D eigenvalue weighted by atomic mass is 16.1. The van der Waals surface area contributed by atoms with E-state index in [2.05, 4.69) is 50.2 Å². The minimum atomic E-state index is -0.277. The summed E-state index contributed by atoms with van der Waals surface area (Å²) in [6, 6.07) is 16.7. The molecule has 0 saturated heterocycles. The molecule has 4 rings (SSSR count). The molecule has 0 aromatic heterocycles. The number of hydrogen-bond acceptors (Lipinski definition) is 1. The summed E-state index contributed by atoms with van der Waals surface area (Å²) in [5.74, 6) is 0.342. The molecule has 0 amide bonds. The van der Waals surface area contributed by atoms with Gasteiger partial charge in [-0.3, -0.25) is 4.79 Å². The van der Waals surface area contributed by atoms with Crippen molar-refractivity contribution < 1.29 is 4.79 Å². The molecule has 0 heterocycles. The molecule has 0 saturated carbocycles. The van der Waals surface area contributed by atoms with E-state index in [1.54, 1.807) is 0 Å². The Morgan fingerprint density at radius 1 is 0.850 bits per heavy atom. The van der Waals surface area contributed by atoms with Crippen molar-refractivity contribution in [3.05, 3.63) is 70.8 Å². The van der Waals surface area contributed by atoms with Crippen molar-refractivity contribution in [1.29, 1.82) is 0 Å². The molecule has 0 atom stereocenters. The third kappa shape index (κ3) is 1.21. The quantitative estimate of drug-likeness (QED) is 0.702. The molecule has 20 heavy (non-hydrogen) atoms. The van der Waals surface area contributed by atoms with Crippen LogP contribution in [0.5, 0.6) is 0 Å². The highest BCUT2D eigenvalue weighted by Crippen LogP contribution is 2.57. The van der Waals surface area contributed by atoms with E-state index in [1.807, 2.05) is 12.1 Å². The van der Waals surface area contributed by atoms with Crippen LogP contribution < -0.4 is 0 Å². The maximum absolute atomic E-state index is 13.1. The van der Waals surface area contributed by atoms with E-state index in [1.165, 1.54) is 16.7 Å². The molecule has 1 spiro atoms. The lowest BCUT2D eigenvalue weighted by Gasteiger charge is -2.37. The van der Waals surface area contributed by atoms with Gasteiger partial charge in [-0.1, -0.05) is 62.4 Å².